The molecular formula is C20H26N6O3S. The number of sulfone groups is 1. The van der Waals surface area contributed by atoms with Crippen molar-refractivity contribution in [1.82, 2.24) is 19.7 Å². The van der Waals surface area contributed by atoms with Crippen molar-refractivity contribution in [3.05, 3.63) is 36.7 Å². The van der Waals surface area contributed by atoms with Gasteiger partial charge in [-0.05, 0) is 55.9 Å². The first-order valence-corrected chi connectivity index (χ1v) is 11.7. The van der Waals surface area contributed by atoms with Crippen LogP contribution in [-0.2, 0) is 16.4 Å². The molecule has 2 heterocycles. The molecule has 0 bridgehead atoms. The van der Waals surface area contributed by atoms with Crippen molar-refractivity contribution in [2.24, 2.45) is 11.7 Å². The van der Waals surface area contributed by atoms with Gasteiger partial charge in [-0.1, -0.05) is 0 Å². The molecule has 1 saturated carbocycles. The van der Waals surface area contributed by atoms with Gasteiger partial charge in [0.25, 0.3) is 0 Å². The molecular weight excluding hydrogens is 404 g/mol. The third-order valence-corrected chi connectivity index (χ3v) is 7.24. The number of nitrogens with one attached hydrogen (secondary N) is 1. The van der Waals surface area contributed by atoms with Crippen molar-refractivity contribution in [3.63, 3.8) is 0 Å². The topological polar surface area (TPSA) is 136 Å². The standard InChI is InChI=1S/C20H26N6O3S/c21-16-3-1-14(2-4-16)13-26-19-15(12-23-26)11-22-20(25-19)24-17-5-7-18(8-6-17)30(28,29)10-9-27/h5-8,11-12,14,16,27H,1-4,9-10,13,21H2,(H,22,24,25)/t14-,16-. The molecule has 0 amide bonds. The number of anilines is 2. The summed E-state index contributed by atoms with van der Waals surface area (Å²) in [6.45, 7) is 0.404. The van der Waals surface area contributed by atoms with Crippen LogP contribution in [0.5, 0.6) is 0 Å². The van der Waals surface area contributed by atoms with Gasteiger partial charge in [-0.25, -0.2) is 18.1 Å². The molecule has 2 aromatic heterocycles. The zero-order valence-electron chi connectivity index (χ0n) is 16.6. The molecule has 160 valence electrons. The molecule has 4 rings (SSSR count). The lowest BCUT2D eigenvalue weighted by Crippen LogP contribution is -2.28. The summed E-state index contributed by atoms with van der Waals surface area (Å²) in [6, 6.07) is 6.63. The Morgan fingerprint density at radius 3 is 2.57 bits per heavy atom. The second-order valence-corrected chi connectivity index (χ2v) is 9.88. The maximum absolute atomic E-state index is 12.0. The molecule has 1 aliphatic rings. The van der Waals surface area contributed by atoms with Gasteiger partial charge in [-0.3, -0.25) is 0 Å². The zero-order valence-corrected chi connectivity index (χ0v) is 17.4. The molecule has 4 N–H and O–H groups in total. The van der Waals surface area contributed by atoms with E-state index in [2.05, 4.69) is 20.4 Å². The summed E-state index contributed by atoms with van der Waals surface area (Å²) in [5.41, 5.74) is 7.45. The zero-order chi connectivity index (χ0) is 21.1. The van der Waals surface area contributed by atoms with E-state index in [-0.39, 0.29) is 10.6 Å². The van der Waals surface area contributed by atoms with E-state index in [1.54, 1.807) is 24.5 Å². The molecule has 0 aliphatic heterocycles. The van der Waals surface area contributed by atoms with Gasteiger partial charge in [0.15, 0.2) is 15.5 Å². The highest BCUT2D eigenvalue weighted by Gasteiger charge is 2.20. The van der Waals surface area contributed by atoms with Crippen LogP contribution < -0.4 is 11.1 Å². The molecule has 0 spiro atoms. The maximum atomic E-state index is 12.0. The van der Waals surface area contributed by atoms with E-state index in [9.17, 15) is 8.42 Å². The summed E-state index contributed by atoms with van der Waals surface area (Å²) in [5, 5.41) is 17.4. The molecule has 30 heavy (non-hydrogen) atoms. The van der Waals surface area contributed by atoms with Gasteiger partial charge in [0.05, 0.1) is 28.8 Å². The van der Waals surface area contributed by atoms with Crippen LogP contribution in [0.25, 0.3) is 11.0 Å². The number of aromatic nitrogens is 4. The summed E-state index contributed by atoms with van der Waals surface area (Å²) in [6.07, 6.45) is 7.80. The van der Waals surface area contributed by atoms with Crippen molar-refractivity contribution in [2.75, 3.05) is 17.7 Å². The van der Waals surface area contributed by atoms with Crippen LogP contribution in [0.15, 0.2) is 41.6 Å². The average Bonchev–Trinajstić information content (AvgIpc) is 3.12. The van der Waals surface area contributed by atoms with Crippen LogP contribution >= 0.6 is 0 Å². The minimum atomic E-state index is -3.47. The Bertz CT molecular complexity index is 1110. The summed E-state index contributed by atoms with van der Waals surface area (Å²) < 4.78 is 26.0. The fourth-order valence-corrected chi connectivity index (χ4v) is 4.82. The van der Waals surface area contributed by atoms with Crippen LogP contribution in [0.2, 0.25) is 0 Å². The first-order chi connectivity index (χ1) is 14.4. The normalized spacial score (nSPS) is 19.8. The Hall–Kier alpha value is -2.56. The van der Waals surface area contributed by atoms with Crippen LogP contribution in [0.4, 0.5) is 11.6 Å². The predicted molar refractivity (Wildman–Crippen MR) is 114 cm³/mol. The summed E-state index contributed by atoms with van der Waals surface area (Å²) >= 11 is 0. The molecule has 3 aromatic rings. The number of nitrogens with two attached hydrogens (primary N) is 1. The Balaban J connectivity index is 1.49. The number of rotatable bonds is 7. The molecule has 9 nitrogen and oxygen atoms in total. The van der Waals surface area contributed by atoms with Crippen molar-refractivity contribution >= 4 is 32.5 Å². The highest BCUT2D eigenvalue weighted by Crippen LogP contribution is 2.26. The minimum Gasteiger partial charge on any atom is -0.395 e. The number of nitrogens with zero attached hydrogens (tertiary/aromatic N) is 4. The summed E-state index contributed by atoms with van der Waals surface area (Å²) in [4.78, 5) is 9.11. The third kappa shape index (κ3) is 4.61. The molecule has 1 aromatic carbocycles. The van der Waals surface area contributed by atoms with Gasteiger partial charge in [0.1, 0.15) is 0 Å². The van der Waals surface area contributed by atoms with E-state index in [0.717, 1.165) is 43.3 Å². The van der Waals surface area contributed by atoms with Crippen LogP contribution in [0.3, 0.4) is 0 Å². The number of aliphatic hydroxyl groups is 1. The Morgan fingerprint density at radius 2 is 1.87 bits per heavy atom. The van der Waals surface area contributed by atoms with Gasteiger partial charge in [-0.15, -0.1) is 0 Å². The fraction of sp³-hybridized carbons (Fsp3) is 0.450. The first-order valence-electron chi connectivity index (χ1n) is 10.1. The monoisotopic (exact) mass is 430 g/mol. The van der Waals surface area contributed by atoms with E-state index in [4.69, 9.17) is 10.8 Å². The van der Waals surface area contributed by atoms with Crippen molar-refractivity contribution < 1.29 is 13.5 Å². The van der Waals surface area contributed by atoms with Gasteiger partial charge in [0, 0.05) is 24.5 Å². The molecule has 0 saturated heterocycles. The highest BCUT2D eigenvalue weighted by atomic mass is 32.2. The van der Waals surface area contributed by atoms with Gasteiger partial charge in [-0.2, -0.15) is 10.1 Å². The van der Waals surface area contributed by atoms with Crippen LogP contribution in [-0.4, -0.2) is 51.7 Å². The second kappa shape index (κ2) is 8.66. The Kier molecular flexibility index (Phi) is 5.98. The van der Waals surface area contributed by atoms with E-state index in [1.165, 1.54) is 12.1 Å². The predicted octanol–water partition coefficient (Wildman–Crippen LogP) is 1.85. The van der Waals surface area contributed by atoms with Gasteiger partial charge < -0.3 is 16.2 Å². The third-order valence-electron chi connectivity index (χ3n) is 5.53. The summed E-state index contributed by atoms with van der Waals surface area (Å²) in [7, 11) is -3.47. The number of fused-ring (bicyclic) bond motifs is 1. The minimum absolute atomic E-state index is 0.170. The number of aliphatic hydroxyl groups excluding tert-OH is 1. The van der Waals surface area contributed by atoms with Crippen molar-refractivity contribution in [3.8, 4) is 0 Å². The lowest BCUT2D eigenvalue weighted by molar-refractivity contribution is 0.288. The highest BCUT2D eigenvalue weighted by molar-refractivity contribution is 7.91. The lowest BCUT2D eigenvalue weighted by atomic mass is 9.86. The molecule has 1 fully saturated rings. The average molecular weight is 431 g/mol. The molecule has 0 atom stereocenters. The second-order valence-electron chi connectivity index (χ2n) is 7.77. The number of benzene rings is 1. The lowest BCUT2D eigenvalue weighted by Gasteiger charge is -2.25. The van der Waals surface area contributed by atoms with Crippen LogP contribution in [0, 0.1) is 5.92 Å². The van der Waals surface area contributed by atoms with E-state index in [0.29, 0.717) is 23.6 Å². The van der Waals surface area contributed by atoms with Gasteiger partial charge >= 0.3 is 0 Å². The maximum Gasteiger partial charge on any atom is 0.229 e. The largest absolute Gasteiger partial charge is 0.395 e. The van der Waals surface area contributed by atoms with E-state index in [1.807, 2.05) is 4.68 Å². The summed E-state index contributed by atoms with van der Waals surface area (Å²) in [5.74, 6) is 0.671. The van der Waals surface area contributed by atoms with Gasteiger partial charge in [0.2, 0.25) is 5.95 Å². The van der Waals surface area contributed by atoms with E-state index < -0.39 is 16.4 Å². The Labute approximate surface area is 175 Å². The fourth-order valence-electron chi connectivity index (χ4n) is 3.79. The molecule has 0 unspecified atom stereocenters. The first kappa shape index (κ1) is 20.7. The quantitative estimate of drug-likeness (QED) is 0.517. The SMILES string of the molecule is N[C@H]1CC[C@H](Cn2ncc3cnc(Nc4ccc(S(=O)(=O)CCO)cc4)nc32)CC1. The number of hydrogen-bond donors (Lipinski definition) is 3. The molecule has 0 radical (unpaired) electrons. The van der Waals surface area contributed by atoms with Crippen molar-refractivity contribution in [1.29, 1.82) is 0 Å². The van der Waals surface area contributed by atoms with Crippen molar-refractivity contribution in [2.45, 2.75) is 43.2 Å². The van der Waals surface area contributed by atoms with E-state index >= 15 is 0 Å². The Morgan fingerprint density at radius 1 is 1.13 bits per heavy atom. The number of hydrogen-bond acceptors (Lipinski definition) is 8. The smallest absolute Gasteiger partial charge is 0.229 e. The van der Waals surface area contributed by atoms with Crippen LogP contribution in [0.1, 0.15) is 25.7 Å². The molecule has 1 aliphatic carbocycles. The molecule has 10 heteroatoms.